The molecule has 0 amide bonds. The van der Waals surface area contributed by atoms with Crippen molar-refractivity contribution in [3.63, 3.8) is 0 Å². The number of aliphatic carboxylic acids is 1. The van der Waals surface area contributed by atoms with Crippen molar-refractivity contribution in [1.29, 1.82) is 0 Å². The van der Waals surface area contributed by atoms with Crippen LogP contribution in [-0.2, 0) is 11.2 Å². The van der Waals surface area contributed by atoms with Crippen molar-refractivity contribution in [3.8, 4) is 11.5 Å². The second-order valence-corrected chi connectivity index (χ2v) is 4.80. The number of ether oxygens (including phenoxy) is 2. The first kappa shape index (κ1) is 15.2. The van der Waals surface area contributed by atoms with Crippen LogP contribution in [0.5, 0.6) is 11.5 Å². The smallest absolute Gasteiger partial charge is 0.345 e. The third-order valence-electron chi connectivity index (χ3n) is 2.98. The number of methoxy groups -OCH3 is 1. The molecule has 1 N–H and O–H groups in total. The minimum atomic E-state index is -1.05. The number of carboxylic acids is 1. The number of carbonyl (C=O) groups is 1. The number of benzene rings is 2. The van der Waals surface area contributed by atoms with E-state index in [1.54, 1.807) is 42.5 Å². The van der Waals surface area contributed by atoms with Gasteiger partial charge < -0.3 is 14.6 Å². The van der Waals surface area contributed by atoms with Gasteiger partial charge in [0.25, 0.3) is 0 Å². The molecular weight excluding hydrogens is 292 g/mol. The summed E-state index contributed by atoms with van der Waals surface area (Å²) >= 11 is 6.06. The molecule has 110 valence electrons. The summed E-state index contributed by atoms with van der Waals surface area (Å²) in [7, 11) is 1.51. The summed E-state index contributed by atoms with van der Waals surface area (Å²) in [4.78, 5) is 11.4. The van der Waals surface area contributed by atoms with Gasteiger partial charge in [0.05, 0.1) is 7.11 Å². The minimum Gasteiger partial charge on any atom is -0.493 e. The summed E-state index contributed by atoms with van der Waals surface area (Å²) in [5, 5.41) is 9.86. The van der Waals surface area contributed by atoms with E-state index in [4.69, 9.17) is 21.1 Å². The molecule has 0 aliphatic heterocycles. The molecule has 0 aromatic heterocycles. The number of hydrogen-bond donors (Lipinski definition) is 1. The maximum Gasteiger partial charge on any atom is 0.345 e. The molecule has 2 aromatic rings. The van der Waals surface area contributed by atoms with Crippen LogP contribution in [0, 0.1) is 0 Å². The molecule has 4 nitrogen and oxygen atoms in total. The van der Waals surface area contributed by atoms with E-state index in [2.05, 4.69) is 0 Å². The Kier molecular flexibility index (Phi) is 5.06. The molecule has 0 aliphatic rings. The summed E-state index contributed by atoms with van der Waals surface area (Å²) in [6, 6.07) is 14.0. The molecule has 21 heavy (non-hydrogen) atoms. The van der Waals surface area contributed by atoms with Crippen LogP contribution in [0.2, 0.25) is 5.02 Å². The Labute approximate surface area is 127 Å². The van der Waals surface area contributed by atoms with E-state index in [1.165, 1.54) is 7.11 Å². The van der Waals surface area contributed by atoms with Crippen LogP contribution in [0.25, 0.3) is 0 Å². The van der Waals surface area contributed by atoms with Crippen molar-refractivity contribution in [2.75, 3.05) is 7.11 Å². The Bertz CT molecular complexity index is 627. The maximum atomic E-state index is 11.4. The highest BCUT2D eigenvalue weighted by molar-refractivity contribution is 6.31. The molecule has 0 saturated carbocycles. The zero-order chi connectivity index (χ0) is 15.2. The third kappa shape index (κ3) is 3.89. The molecule has 0 bridgehead atoms. The van der Waals surface area contributed by atoms with Crippen LogP contribution < -0.4 is 9.47 Å². The van der Waals surface area contributed by atoms with Crippen LogP contribution in [0.15, 0.2) is 48.5 Å². The lowest BCUT2D eigenvalue weighted by Gasteiger charge is -2.17. The fourth-order valence-corrected chi connectivity index (χ4v) is 2.13. The highest BCUT2D eigenvalue weighted by Gasteiger charge is 2.22. The van der Waals surface area contributed by atoms with Gasteiger partial charge in [-0.05, 0) is 23.8 Å². The molecule has 0 unspecified atom stereocenters. The molecule has 0 spiro atoms. The number of para-hydroxylation sites is 2. The second kappa shape index (κ2) is 6.99. The van der Waals surface area contributed by atoms with Gasteiger partial charge in [0.1, 0.15) is 0 Å². The van der Waals surface area contributed by atoms with E-state index in [9.17, 15) is 9.90 Å². The topological polar surface area (TPSA) is 55.8 Å². The molecule has 5 heteroatoms. The second-order valence-electron chi connectivity index (χ2n) is 4.39. The van der Waals surface area contributed by atoms with Gasteiger partial charge in [-0.3, -0.25) is 0 Å². The largest absolute Gasteiger partial charge is 0.493 e. The predicted molar refractivity (Wildman–Crippen MR) is 80.2 cm³/mol. The Morgan fingerprint density at radius 1 is 1.14 bits per heavy atom. The van der Waals surface area contributed by atoms with Crippen molar-refractivity contribution < 1.29 is 19.4 Å². The molecule has 0 fully saturated rings. The first-order chi connectivity index (χ1) is 10.1. The zero-order valence-corrected chi connectivity index (χ0v) is 12.2. The van der Waals surface area contributed by atoms with Gasteiger partial charge in [-0.15, -0.1) is 0 Å². The standard InChI is InChI=1S/C16H15ClO4/c1-20-13-8-4-5-9-14(13)21-15(16(18)19)10-11-6-2-3-7-12(11)17/h2-9,15H,10H2,1H3,(H,18,19)/t15-/m0/s1. The average molecular weight is 307 g/mol. The first-order valence-electron chi connectivity index (χ1n) is 6.37. The highest BCUT2D eigenvalue weighted by Crippen LogP contribution is 2.28. The van der Waals surface area contributed by atoms with Crippen LogP contribution in [0.4, 0.5) is 0 Å². The van der Waals surface area contributed by atoms with Gasteiger partial charge in [-0.25, -0.2) is 4.79 Å². The van der Waals surface area contributed by atoms with E-state index in [0.29, 0.717) is 16.5 Å². The van der Waals surface area contributed by atoms with Crippen molar-refractivity contribution >= 4 is 17.6 Å². The highest BCUT2D eigenvalue weighted by atomic mass is 35.5. The normalized spacial score (nSPS) is 11.7. The molecule has 2 rings (SSSR count). The van der Waals surface area contributed by atoms with Gasteiger partial charge in [0.15, 0.2) is 17.6 Å². The first-order valence-corrected chi connectivity index (χ1v) is 6.75. The fourth-order valence-electron chi connectivity index (χ4n) is 1.91. The van der Waals surface area contributed by atoms with Crippen LogP contribution in [0.1, 0.15) is 5.56 Å². The number of hydrogen-bond acceptors (Lipinski definition) is 3. The zero-order valence-electron chi connectivity index (χ0n) is 11.5. The van der Waals surface area contributed by atoms with E-state index in [1.807, 2.05) is 6.07 Å². The van der Waals surface area contributed by atoms with Crippen LogP contribution in [-0.4, -0.2) is 24.3 Å². The van der Waals surface area contributed by atoms with Crippen molar-refractivity contribution in [2.24, 2.45) is 0 Å². The van der Waals surface area contributed by atoms with Crippen LogP contribution in [0.3, 0.4) is 0 Å². The van der Waals surface area contributed by atoms with E-state index >= 15 is 0 Å². The van der Waals surface area contributed by atoms with Gasteiger partial charge in [-0.1, -0.05) is 41.9 Å². The lowest BCUT2D eigenvalue weighted by molar-refractivity contribution is -0.145. The Morgan fingerprint density at radius 2 is 1.76 bits per heavy atom. The molecule has 2 aromatic carbocycles. The lowest BCUT2D eigenvalue weighted by Crippen LogP contribution is -2.29. The van der Waals surface area contributed by atoms with Gasteiger partial charge in [0.2, 0.25) is 0 Å². The summed E-state index contributed by atoms with van der Waals surface area (Å²) in [6.45, 7) is 0. The average Bonchev–Trinajstić information content (AvgIpc) is 2.49. The minimum absolute atomic E-state index is 0.174. The maximum absolute atomic E-state index is 11.4. The SMILES string of the molecule is COc1ccccc1O[C@@H](Cc1ccccc1Cl)C(=O)O. The summed E-state index contributed by atoms with van der Waals surface area (Å²) in [5.41, 5.74) is 0.724. The van der Waals surface area contributed by atoms with E-state index in [-0.39, 0.29) is 6.42 Å². The van der Waals surface area contributed by atoms with Crippen LogP contribution >= 0.6 is 11.6 Å². The fraction of sp³-hybridized carbons (Fsp3) is 0.188. The third-order valence-corrected chi connectivity index (χ3v) is 3.35. The monoisotopic (exact) mass is 306 g/mol. The molecule has 0 saturated heterocycles. The summed E-state index contributed by atoms with van der Waals surface area (Å²) in [5.74, 6) is -0.178. The van der Waals surface area contributed by atoms with E-state index < -0.39 is 12.1 Å². The van der Waals surface area contributed by atoms with Crippen molar-refractivity contribution in [3.05, 3.63) is 59.1 Å². The summed E-state index contributed by atoms with van der Waals surface area (Å²) < 4.78 is 10.7. The van der Waals surface area contributed by atoms with Crippen molar-refractivity contribution in [1.82, 2.24) is 0 Å². The molecule has 0 aliphatic carbocycles. The number of halogens is 1. The number of rotatable bonds is 6. The summed E-state index contributed by atoms with van der Waals surface area (Å²) in [6.07, 6.45) is -0.867. The van der Waals surface area contributed by atoms with Crippen molar-refractivity contribution in [2.45, 2.75) is 12.5 Å². The molecular formula is C16H15ClO4. The molecule has 0 radical (unpaired) electrons. The predicted octanol–water partition coefficient (Wildman–Crippen LogP) is 3.42. The molecule has 1 atom stereocenters. The quantitative estimate of drug-likeness (QED) is 0.888. The Morgan fingerprint density at radius 3 is 2.38 bits per heavy atom. The molecule has 0 heterocycles. The van der Waals surface area contributed by atoms with Gasteiger partial charge in [0, 0.05) is 11.4 Å². The number of carboxylic acid groups (broad SMARTS) is 1. The lowest BCUT2D eigenvalue weighted by atomic mass is 10.1. The Balaban J connectivity index is 2.20. The van der Waals surface area contributed by atoms with Gasteiger partial charge >= 0.3 is 5.97 Å². The Hall–Kier alpha value is -2.20. The van der Waals surface area contributed by atoms with E-state index in [0.717, 1.165) is 5.56 Å². The van der Waals surface area contributed by atoms with Gasteiger partial charge in [-0.2, -0.15) is 0 Å².